The molecule has 0 atom stereocenters. The van der Waals surface area contributed by atoms with Crippen LogP contribution in [0.2, 0.25) is 0 Å². The van der Waals surface area contributed by atoms with Crippen LogP contribution in [0.25, 0.3) is 0 Å². The summed E-state index contributed by atoms with van der Waals surface area (Å²) in [6.07, 6.45) is 8.01. The van der Waals surface area contributed by atoms with E-state index in [9.17, 15) is 5.11 Å². The van der Waals surface area contributed by atoms with Crippen molar-refractivity contribution < 1.29 is 9.84 Å². The summed E-state index contributed by atoms with van der Waals surface area (Å²) < 4.78 is 5.20. The van der Waals surface area contributed by atoms with Gasteiger partial charge in [0.25, 0.3) is 0 Å². The Kier molecular flexibility index (Phi) is 11.7. The Bertz CT molecular complexity index is 537. The van der Waals surface area contributed by atoms with Crippen LogP contribution in [0.4, 0.5) is 0 Å². The van der Waals surface area contributed by atoms with Crippen LogP contribution < -0.4 is 15.4 Å². The number of aliphatic imine (C=N–C) groups is 1. The molecule has 5 nitrogen and oxygen atoms in total. The van der Waals surface area contributed by atoms with Crippen molar-refractivity contribution in [1.82, 2.24) is 10.6 Å². The van der Waals surface area contributed by atoms with E-state index >= 15 is 0 Å². The maximum absolute atomic E-state index is 9.47. The number of nitrogens with one attached hydrogen (secondary N) is 2. The van der Waals surface area contributed by atoms with E-state index in [1.807, 2.05) is 12.1 Å². The Morgan fingerprint density at radius 2 is 1.85 bits per heavy atom. The quantitative estimate of drug-likeness (QED) is 0.281. The Balaban J connectivity index is 0.00000364. The summed E-state index contributed by atoms with van der Waals surface area (Å²) in [5.41, 5.74) is 1.46. The van der Waals surface area contributed by atoms with Gasteiger partial charge in [0, 0.05) is 26.2 Å². The second kappa shape index (κ2) is 13.2. The first-order valence-electron chi connectivity index (χ1n) is 9.97. The third-order valence-electron chi connectivity index (χ3n) is 5.34. The van der Waals surface area contributed by atoms with Crippen LogP contribution in [-0.4, -0.2) is 44.4 Å². The van der Waals surface area contributed by atoms with E-state index < -0.39 is 0 Å². The van der Waals surface area contributed by atoms with Crippen LogP contribution >= 0.6 is 24.0 Å². The third kappa shape index (κ3) is 8.25. The number of aliphatic hydroxyl groups excluding tert-OH is 1. The molecule has 1 aromatic rings. The van der Waals surface area contributed by atoms with Gasteiger partial charge < -0.3 is 20.5 Å². The van der Waals surface area contributed by atoms with Crippen LogP contribution in [0.15, 0.2) is 29.3 Å². The van der Waals surface area contributed by atoms with E-state index in [1.54, 1.807) is 7.11 Å². The van der Waals surface area contributed by atoms with Crippen LogP contribution in [0.5, 0.6) is 5.75 Å². The lowest BCUT2D eigenvalue weighted by Crippen LogP contribution is -2.40. The lowest BCUT2D eigenvalue weighted by atomic mass is 9.72. The molecule has 1 saturated carbocycles. The maximum atomic E-state index is 9.47. The first-order chi connectivity index (χ1) is 12.7. The lowest BCUT2D eigenvalue weighted by molar-refractivity contribution is 0.137. The van der Waals surface area contributed by atoms with Crippen molar-refractivity contribution in [2.75, 3.05) is 33.4 Å². The van der Waals surface area contributed by atoms with E-state index in [0.717, 1.165) is 44.2 Å². The standard InChI is InChI=1S/C21H35N3O2.HI/c1-3-22-20(23-15-11-18-7-9-19(26-2)10-8-18)24-17-21(14-16-25)12-5-4-6-13-21;/h7-10,25H,3-6,11-17H2,1-2H3,(H2,22,23,24);1H. The van der Waals surface area contributed by atoms with Crippen LogP contribution in [0.3, 0.4) is 0 Å². The van der Waals surface area contributed by atoms with Gasteiger partial charge in [-0.2, -0.15) is 0 Å². The van der Waals surface area contributed by atoms with E-state index in [1.165, 1.54) is 37.7 Å². The maximum Gasteiger partial charge on any atom is 0.191 e. The number of halogens is 1. The fraction of sp³-hybridized carbons (Fsp3) is 0.667. The number of benzene rings is 1. The predicted molar refractivity (Wildman–Crippen MR) is 123 cm³/mol. The minimum absolute atomic E-state index is 0. The monoisotopic (exact) mass is 489 g/mol. The number of hydrogen-bond donors (Lipinski definition) is 3. The Labute approximate surface area is 181 Å². The molecule has 2 rings (SSSR count). The summed E-state index contributed by atoms with van der Waals surface area (Å²) in [5, 5.41) is 16.3. The van der Waals surface area contributed by atoms with Crippen LogP contribution in [0, 0.1) is 5.41 Å². The number of nitrogens with zero attached hydrogens (tertiary/aromatic N) is 1. The third-order valence-corrected chi connectivity index (χ3v) is 5.34. The van der Waals surface area contributed by atoms with Crippen LogP contribution in [-0.2, 0) is 6.42 Å². The molecule has 3 N–H and O–H groups in total. The fourth-order valence-corrected chi connectivity index (χ4v) is 3.73. The van der Waals surface area contributed by atoms with Crippen LogP contribution in [0.1, 0.15) is 51.0 Å². The second-order valence-electron chi connectivity index (χ2n) is 7.25. The molecular formula is C21H36IN3O2. The summed E-state index contributed by atoms with van der Waals surface area (Å²) in [5.74, 6) is 1.77. The van der Waals surface area contributed by atoms with Gasteiger partial charge in [0.1, 0.15) is 5.75 Å². The SMILES string of the molecule is CCNC(=NCC1(CCO)CCCCC1)NCCc1ccc(OC)cc1.I. The van der Waals surface area contributed by atoms with E-state index in [2.05, 4.69) is 29.7 Å². The Hall–Kier alpha value is -1.02. The first-order valence-corrected chi connectivity index (χ1v) is 9.97. The van der Waals surface area contributed by atoms with Crippen molar-refractivity contribution in [1.29, 1.82) is 0 Å². The summed E-state index contributed by atoms with van der Waals surface area (Å²) in [6, 6.07) is 8.19. The molecule has 0 unspecified atom stereocenters. The minimum Gasteiger partial charge on any atom is -0.497 e. The highest BCUT2D eigenvalue weighted by atomic mass is 127. The summed E-state index contributed by atoms with van der Waals surface area (Å²) >= 11 is 0. The van der Waals surface area contributed by atoms with Gasteiger partial charge >= 0.3 is 0 Å². The molecule has 0 saturated heterocycles. The zero-order valence-electron chi connectivity index (χ0n) is 16.8. The molecular weight excluding hydrogens is 453 g/mol. The van der Waals surface area contributed by atoms with Crippen molar-refractivity contribution in [2.24, 2.45) is 10.4 Å². The van der Waals surface area contributed by atoms with Crippen molar-refractivity contribution in [2.45, 2.75) is 51.9 Å². The molecule has 0 aromatic heterocycles. The minimum atomic E-state index is 0. The van der Waals surface area contributed by atoms with Crippen molar-refractivity contribution >= 4 is 29.9 Å². The zero-order chi connectivity index (χ0) is 18.7. The van der Waals surface area contributed by atoms with Crippen molar-refractivity contribution in [3.8, 4) is 5.75 Å². The number of methoxy groups -OCH3 is 1. The topological polar surface area (TPSA) is 65.9 Å². The van der Waals surface area contributed by atoms with Gasteiger partial charge in [0.2, 0.25) is 0 Å². The number of hydrogen-bond acceptors (Lipinski definition) is 3. The largest absolute Gasteiger partial charge is 0.497 e. The van der Waals surface area contributed by atoms with E-state index in [0.29, 0.717) is 0 Å². The van der Waals surface area contributed by atoms with E-state index in [4.69, 9.17) is 9.73 Å². The summed E-state index contributed by atoms with van der Waals surface area (Å²) in [4.78, 5) is 4.85. The lowest BCUT2D eigenvalue weighted by Gasteiger charge is -2.35. The molecule has 154 valence electrons. The number of aliphatic hydroxyl groups is 1. The highest BCUT2D eigenvalue weighted by Gasteiger charge is 2.31. The van der Waals surface area contributed by atoms with Gasteiger partial charge in [0.15, 0.2) is 5.96 Å². The smallest absolute Gasteiger partial charge is 0.191 e. The van der Waals surface area contributed by atoms with Crippen molar-refractivity contribution in [3.05, 3.63) is 29.8 Å². The molecule has 27 heavy (non-hydrogen) atoms. The molecule has 0 amide bonds. The fourth-order valence-electron chi connectivity index (χ4n) is 3.73. The average molecular weight is 489 g/mol. The molecule has 1 aliphatic carbocycles. The number of ether oxygens (including phenoxy) is 1. The molecule has 0 spiro atoms. The van der Waals surface area contributed by atoms with Gasteiger partial charge in [-0.15, -0.1) is 24.0 Å². The van der Waals surface area contributed by atoms with Gasteiger partial charge in [-0.3, -0.25) is 4.99 Å². The zero-order valence-corrected chi connectivity index (χ0v) is 19.1. The molecule has 1 aromatic carbocycles. The van der Waals surface area contributed by atoms with Gasteiger partial charge in [0.05, 0.1) is 7.11 Å². The first kappa shape index (κ1) is 24.0. The second-order valence-corrected chi connectivity index (χ2v) is 7.25. The normalized spacial score (nSPS) is 16.3. The molecule has 0 radical (unpaired) electrons. The van der Waals surface area contributed by atoms with Gasteiger partial charge in [-0.25, -0.2) is 0 Å². The Morgan fingerprint density at radius 1 is 1.15 bits per heavy atom. The molecule has 6 heteroatoms. The van der Waals surface area contributed by atoms with Crippen molar-refractivity contribution in [3.63, 3.8) is 0 Å². The molecule has 0 heterocycles. The number of rotatable bonds is 9. The highest BCUT2D eigenvalue weighted by molar-refractivity contribution is 14.0. The number of guanidine groups is 1. The summed E-state index contributed by atoms with van der Waals surface area (Å²) in [6.45, 7) is 4.83. The summed E-state index contributed by atoms with van der Waals surface area (Å²) in [7, 11) is 1.69. The van der Waals surface area contributed by atoms with E-state index in [-0.39, 0.29) is 36.0 Å². The van der Waals surface area contributed by atoms with Gasteiger partial charge in [-0.1, -0.05) is 31.4 Å². The molecule has 0 bridgehead atoms. The van der Waals surface area contributed by atoms with Gasteiger partial charge in [-0.05, 0) is 55.7 Å². The average Bonchev–Trinajstić information content (AvgIpc) is 2.68. The highest BCUT2D eigenvalue weighted by Crippen LogP contribution is 2.39. The predicted octanol–water partition coefficient (Wildman–Crippen LogP) is 3.74. The molecule has 0 aliphatic heterocycles. The molecule has 1 fully saturated rings. The molecule has 1 aliphatic rings. The Morgan fingerprint density at radius 3 is 2.44 bits per heavy atom.